The Balaban J connectivity index is 1.34. The molecule has 0 aliphatic rings. The molecule has 5 aromatic rings. The van der Waals surface area contributed by atoms with Gasteiger partial charge in [-0.15, -0.1) is 21.5 Å². The lowest BCUT2D eigenvalue weighted by Gasteiger charge is -2.08. The number of carbonyl (C=O) groups is 1. The molecule has 8 nitrogen and oxygen atoms in total. The molecule has 35 heavy (non-hydrogen) atoms. The molecule has 1 amide bonds. The molecule has 4 aromatic heterocycles. The van der Waals surface area contributed by atoms with E-state index in [9.17, 15) is 4.79 Å². The number of aromatic nitrogens is 5. The smallest absolute Gasteiger partial charge is 0.258 e. The van der Waals surface area contributed by atoms with Gasteiger partial charge in [0.25, 0.3) is 5.91 Å². The van der Waals surface area contributed by atoms with E-state index in [1.807, 2.05) is 69.2 Å². The van der Waals surface area contributed by atoms with Crippen molar-refractivity contribution < 1.29 is 9.21 Å². The van der Waals surface area contributed by atoms with Crippen LogP contribution in [0.25, 0.3) is 11.4 Å². The topological polar surface area (TPSA) is 91.1 Å². The Hall–Kier alpha value is -3.47. The van der Waals surface area contributed by atoms with Gasteiger partial charge in [0.15, 0.2) is 15.8 Å². The maximum atomic E-state index is 12.8. The van der Waals surface area contributed by atoms with Gasteiger partial charge in [0.2, 0.25) is 0 Å². The van der Waals surface area contributed by atoms with Gasteiger partial charge >= 0.3 is 0 Å². The molecule has 0 bridgehead atoms. The molecule has 0 unspecified atom stereocenters. The molecule has 0 radical (unpaired) electrons. The summed E-state index contributed by atoms with van der Waals surface area (Å²) in [6.45, 7) is 0.967. The highest BCUT2D eigenvalue weighted by molar-refractivity contribution is 7.99. The van der Waals surface area contributed by atoms with E-state index in [4.69, 9.17) is 16.0 Å². The first-order chi connectivity index (χ1) is 17.2. The van der Waals surface area contributed by atoms with E-state index < -0.39 is 0 Å². The number of benzene rings is 1. The summed E-state index contributed by atoms with van der Waals surface area (Å²) in [5, 5.41) is 11.8. The van der Waals surface area contributed by atoms with Crippen LogP contribution < -0.4 is 4.80 Å². The molecule has 0 fully saturated rings. The zero-order chi connectivity index (χ0) is 24.0. The number of amides is 1. The van der Waals surface area contributed by atoms with Gasteiger partial charge in [-0.05, 0) is 35.9 Å². The van der Waals surface area contributed by atoms with Gasteiger partial charge in [-0.2, -0.15) is 4.99 Å². The fraction of sp³-hybridized carbons (Fsp3) is 0.125. The summed E-state index contributed by atoms with van der Waals surface area (Å²) >= 11 is 8.98. The van der Waals surface area contributed by atoms with Gasteiger partial charge in [0.05, 0.1) is 25.1 Å². The predicted octanol–water partition coefficient (Wildman–Crippen LogP) is 4.77. The molecular weight excluding hydrogens is 504 g/mol. The van der Waals surface area contributed by atoms with Crippen LogP contribution in [0, 0.1) is 0 Å². The number of hydrogen-bond donors (Lipinski definition) is 0. The van der Waals surface area contributed by atoms with Gasteiger partial charge < -0.3 is 8.98 Å². The van der Waals surface area contributed by atoms with Crippen molar-refractivity contribution in [2.24, 2.45) is 4.99 Å². The van der Waals surface area contributed by atoms with Gasteiger partial charge in [0.1, 0.15) is 5.76 Å². The van der Waals surface area contributed by atoms with Crippen LogP contribution in [0.2, 0.25) is 5.02 Å². The summed E-state index contributed by atoms with van der Waals surface area (Å²) in [4.78, 5) is 21.9. The Kier molecular flexibility index (Phi) is 7.22. The quantitative estimate of drug-likeness (QED) is 0.273. The number of rotatable bonds is 8. The molecular formula is C24H19ClN6O2S2. The van der Waals surface area contributed by atoms with Crippen LogP contribution in [0.5, 0.6) is 0 Å². The van der Waals surface area contributed by atoms with E-state index in [0.717, 1.165) is 16.9 Å². The highest BCUT2D eigenvalue weighted by atomic mass is 35.5. The third kappa shape index (κ3) is 5.61. The molecule has 0 spiro atoms. The minimum atomic E-state index is -0.263. The van der Waals surface area contributed by atoms with Crippen molar-refractivity contribution in [3.8, 4) is 11.4 Å². The number of pyridine rings is 1. The van der Waals surface area contributed by atoms with E-state index in [0.29, 0.717) is 33.9 Å². The van der Waals surface area contributed by atoms with Crippen LogP contribution in [0.1, 0.15) is 11.3 Å². The van der Waals surface area contributed by atoms with Gasteiger partial charge in [-0.1, -0.05) is 41.6 Å². The van der Waals surface area contributed by atoms with Gasteiger partial charge in [0, 0.05) is 34.6 Å². The monoisotopic (exact) mass is 522 g/mol. The second-order valence-electron chi connectivity index (χ2n) is 7.41. The predicted molar refractivity (Wildman–Crippen MR) is 135 cm³/mol. The van der Waals surface area contributed by atoms with Crippen LogP contribution >= 0.6 is 34.7 Å². The van der Waals surface area contributed by atoms with Crippen molar-refractivity contribution in [2.45, 2.75) is 18.2 Å². The molecule has 0 aliphatic carbocycles. The molecule has 176 valence electrons. The van der Waals surface area contributed by atoms with Crippen LogP contribution in [-0.4, -0.2) is 36.0 Å². The van der Waals surface area contributed by atoms with E-state index in [-0.39, 0.29) is 11.7 Å². The van der Waals surface area contributed by atoms with Crippen molar-refractivity contribution in [1.29, 1.82) is 0 Å². The molecule has 0 aliphatic heterocycles. The average Bonchev–Trinajstić information content (AvgIpc) is 3.63. The Labute approximate surface area is 214 Å². The second kappa shape index (κ2) is 10.9. The average molecular weight is 523 g/mol. The summed E-state index contributed by atoms with van der Waals surface area (Å²) in [7, 11) is 0. The third-order valence-corrected chi connectivity index (χ3v) is 7.15. The molecule has 0 saturated carbocycles. The Bertz CT molecular complexity index is 1490. The maximum absolute atomic E-state index is 12.8. The molecule has 4 heterocycles. The number of carbonyl (C=O) groups excluding carboxylic acids is 1. The van der Waals surface area contributed by atoms with Crippen LogP contribution in [-0.2, 0) is 17.9 Å². The fourth-order valence-corrected chi connectivity index (χ4v) is 5.05. The Morgan fingerprint density at radius 3 is 2.83 bits per heavy atom. The summed E-state index contributed by atoms with van der Waals surface area (Å²) in [6.07, 6.45) is 6.95. The SMILES string of the molecule is O=C(CSc1nnc(-c2cccnc2)n1Cc1ccco1)N=c1sccn1Cc1ccccc1Cl. The van der Waals surface area contributed by atoms with Crippen LogP contribution in [0.3, 0.4) is 0 Å². The number of nitrogens with zero attached hydrogens (tertiary/aromatic N) is 6. The molecule has 0 atom stereocenters. The number of halogens is 1. The maximum Gasteiger partial charge on any atom is 0.258 e. The van der Waals surface area contributed by atoms with E-state index >= 15 is 0 Å². The van der Waals surface area contributed by atoms with Crippen molar-refractivity contribution in [3.63, 3.8) is 0 Å². The Morgan fingerprint density at radius 1 is 1.11 bits per heavy atom. The van der Waals surface area contributed by atoms with Crippen LogP contribution in [0.15, 0.2) is 93.3 Å². The van der Waals surface area contributed by atoms with Gasteiger partial charge in [-0.3, -0.25) is 14.3 Å². The first-order valence-corrected chi connectivity index (χ1v) is 12.9. The summed E-state index contributed by atoms with van der Waals surface area (Å²) < 4.78 is 9.35. The zero-order valence-corrected chi connectivity index (χ0v) is 20.7. The molecule has 0 N–H and O–H groups in total. The summed E-state index contributed by atoms with van der Waals surface area (Å²) in [5.41, 5.74) is 1.79. The summed E-state index contributed by atoms with van der Waals surface area (Å²) in [5.74, 6) is 1.26. The van der Waals surface area contributed by atoms with Crippen molar-refractivity contribution in [2.75, 3.05) is 5.75 Å². The van der Waals surface area contributed by atoms with Crippen molar-refractivity contribution >= 4 is 40.6 Å². The lowest BCUT2D eigenvalue weighted by molar-refractivity contribution is -0.115. The third-order valence-electron chi connectivity index (χ3n) is 5.03. The number of thioether (sulfide) groups is 1. The highest BCUT2D eigenvalue weighted by Gasteiger charge is 2.17. The largest absolute Gasteiger partial charge is 0.467 e. The minimum absolute atomic E-state index is 0.118. The lowest BCUT2D eigenvalue weighted by atomic mass is 10.2. The van der Waals surface area contributed by atoms with Crippen LogP contribution in [0.4, 0.5) is 0 Å². The van der Waals surface area contributed by atoms with Gasteiger partial charge in [-0.25, -0.2) is 0 Å². The Morgan fingerprint density at radius 2 is 2.03 bits per heavy atom. The highest BCUT2D eigenvalue weighted by Crippen LogP contribution is 2.25. The number of thiazole rings is 1. The second-order valence-corrected chi connectivity index (χ2v) is 9.64. The van der Waals surface area contributed by atoms with E-state index in [2.05, 4.69) is 20.2 Å². The molecule has 0 saturated heterocycles. The first kappa shape index (κ1) is 23.3. The molecule has 11 heteroatoms. The molecule has 1 aromatic carbocycles. The van der Waals surface area contributed by atoms with Crippen molar-refractivity contribution in [3.05, 3.63) is 99.9 Å². The van der Waals surface area contributed by atoms with E-state index in [1.54, 1.807) is 18.7 Å². The number of furan rings is 1. The standard InChI is InChI=1S/C24H19ClN6O2S2/c25-20-8-2-1-5-18(20)14-30-10-12-34-23(30)27-21(32)16-35-24-29-28-22(17-6-3-9-26-13-17)31(24)15-19-7-4-11-33-19/h1-13H,14-16H2. The fourth-order valence-electron chi connectivity index (χ4n) is 3.39. The molecule has 5 rings (SSSR count). The summed E-state index contributed by atoms with van der Waals surface area (Å²) in [6, 6.07) is 15.1. The van der Waals surface area contributed by atoms with E-state index in [1.165, 1.54) is 23.1 Å². The van der Waals surface area contributed by atoms with Crippen molar-refractivity contribution in [1.82, 2.24) is 24.3 Å². The minimum Gasteiger partial charge on any atom is -0.467 e. The lowest BCUT2D eigenvalue weighted by Crippen LogP contribution is -2.18. The zero-order valence-electron chi connectivity index (χ0n) is 18.3. The normalized spacial score (nSPS) is 11.7. The first-order valence-electron chi connectivity index (χ1n) is 10.6. The number of hydrogen-bond acceptors (Lipinski definition) is 7.